The monoisotopic (exact) mass is 263 g/mol. The standard InChI is InChI=1S/C12H17N5O2/c1-18-6-3-5-13-12-16-11(9-15-17-12)14-8-10-4-2-7-19-10/h2,4,7,9H,3,5-6,8H2,1H3,(H2,13,14,16,17). The zero-order valence-corrected chi connectivity index (χ0v) is 10.8. The molecular formula is C12H17N5O2. The zero-order valence-electron chi connectivity index (χ0n) is 10.8. The summed E-state index contributed by atoms with van der Waals surface area (Å²) < 4.78 is 10.2. The van der Waals surface area contributed by atoms with Gasteiger partial charge in [0.2, 0.25) is 5.95 Å². The van der Waals surface area contributed by atoms with Gasteiger partial charge in [-0.15, -0.1) is 5.10 Å². The first-order chi connectivity index (χ1) is 9.38. The maximum atomic E-state index is 5.22. The molecule has 0 aliphatic heterocycles. The molecule has 0 radical (unpaired) electrons. The minimum atomic E-state index is 0.501. The predicted molar refractivity (Wildman–Crippen MR) is 70.8 cm³/mol. The molecule has 0 aliphatic carbocycles. The van der Waals surface area contributed by atoms with Crippen LogP contribution in [0.4, 0.5) is 11.8 Å². The number of ether oxygens (including phenoxy) is 1. The summed E-state index contributed by atoms with van der Waals surface area (Å²) in [7, 11) is 1.68. The quantitative estimate of drug-likeness (QED) is 0.698. The fraction of sp³-hybridized carbons (Fsp3) is 0.417. The predicted octanol–water partition coefficient (Wildman–Crippen LogP) is 1.53. The average molecular weight is 263 g/mol. The molecule has 7 heteroatoms. The first-order valence-electron chi connectivity index (χ1n) is 6.07. The summed E-state index contributed by atoms with van der Waals surface area (Å²) in [6.07, 6.45) is 4.10. The molecule has 0 saturated carbocycles. The maximum absolute atomic E-state index is 5.22. The molecule has 0 atom stereocenters. The largest absolute Gasteiger partial charge is 0.467 e. The highest BCUT2D eigenvalue weighted by atomic mass is 16.5. The molecule has 2 aromatic rings. The molecule has 2 aromatic heterocycles. The Balaban J connectivity index is 1.81. The number of aromatic nitrogens is 3. The Hall–Kier alpha value is -2.15. The summed E-state index contributed by atoms with van der Waals surface area (Å²) in [5, 5.41) is 14.0. The van der Waals surface area contributed by atoms with Crippen LogP contribution in [0.2, 0.25) is 0 Å². The van der Waals surface area contributed by atoms with Crippen LogP contribution in [0.5, 0.6) is 0 Å². The Morgan fingerprint density at radius 1 is 1.37 bits per heavy atom. The molecule has 0 aromatic carbocycles. The third-order valence-corrected chi connectivity index (χ3v) is 2.39. The van der Waals surface area contributed by atoms with Crippen LogP contribution in [-0.4, -0.2) is 35.4 Å². The maximum Gasteiger partial charge on any atom is 0.244 e. The summed E-state index contributed by atoms with van der Waals surface area (Å²) in [6.45, 7) is 2.02. The Kier molecular flexibility index (Phi) is 5.12. The lowest BCUT2D eigenvalue weighted by molar-refractivity contribution is 0.197. The summed E-state index contributed by atoms with van der Waals surface area (Å²) in [5.74, 6) is 1.99. The lowest BCUT2D eigenvalue weighted by atomic mass is 10.4. The topological polar surface area (TPSA) is 85.1 Å². The molecule has 0 bridgehead atoms. The zero-order chi connectivity index (χ0) is 13.3. The molecule has 0 unspecified atom stereocenters. The van der Waals surface area contributed by atoms with Crippen LogP contribution in [0.25, 0.3) is 0 Å². The Bertz CT molecular complexity index is 475. The lowest BCUT2D eigenvalue weighted by Gasteiger charge is -2.06. The second-order valence-electron chi connectivity index (χ2n) is 3.87. The molecule has 0 spiro atoms. The van der Waals surface area contributed by atoms with Crippen molar-refractivity contribution < 1.29 is 9.15 Å². The number of methoxy groups -OCH3 is 1. The van der Waals surface area contributed by atoms with Crippen LogP contribution in [0, 0.1) is 0 Å². The number of hydrogen-bond acceptors (Lipinski definition) is 7. The van der Waals surface area contributed by atoms with Crippen LogP contribution in [0.3, 0.4) is 0 Å². The molecule has 2 N–H and O–H groups in total. The second kappa shape index (κ2) is 7.32. The van der Waals surface area contributed by atoms with Crippen molar-refractivity contribution in [3.05, 3.63) is 30.4 Å². The molecule has 0 aliphatic rings. The number of nitrogens with one attached hydrogen (secondary N) is 2. The van der Waals surface area contributed by atoms with Gasteiger partial charge in [0.15, 0.2) is 5.82 Å². The van der Waals surface area contributed by atoms with Gasteiger partial charge in [0.05, 0.1) is 19.0 Å². The van der Waals surface area contributed by atoms with Crippen molar-refractivity contribution >= 4 is 11.8 Å². The van der Waals surface area contributed by atoms with Gasteiger partial charge in [-0.1, -0.05) is 0 Å². The first kappa shape index (κ1) is 13.3. The van der Waals surface area contributed by atoms with E-state index in [9.17, 15) is 0 Å². The van der Waals surface area contributed by atoms with E-state index in [4.69, 9.17) is 9.15 Å². The highest BCUT2D eigenvalue weighted by Crippen LogP contribution is 2.07. The van der Waals surface area contributed by atoms with E-state index < -0.39 is 0 Å². The summed E-state index contributed by atoms with van der Waals surface area (Å²) in [4.78, 5) is 4.29. The van der Waals surface area contributed by atoms with E-state index in [2.05, 4.69) is 25.8 Å². The van der Waals surface area contributed by atoms with Crippen molar-refractivity contribution in [2.75, 3.05) is 30.9 Å². The van der Waals surface area contributed by atoms with E-state index in [-0.39, 0.29) is 0 Å². The second-order valence-corrected chi connectivity index (χ2v) is 3.87. The minimum absolute atomic E-state index is 0.501. The number of nitrogens with zero attached hydrogens (tertiary/aromatic N) is 3. The average Bonchev–Trinajstić information content (AvgIpc) is 2.95. The van der Waals surface area contributed by atoms with Crippen LogP contribution in [0.15, 0.2) is 29.0 Å². The van der Waals surface area contributed by atoms with Gasteiger partial charge in [-0.2, -0.15) is 10.1 Å². The molecule has 7 nitrogen and oxygen atoms in total. The molecule has 19 heavy (non-hydrogen) atoms. The van der Waals surface area contributed by atoms with Crippen LogP contribution in [-0.2, 0) is 11.3 Å². The van der Waals surface area contributed by atoms with E-state index >= 15 is 0 Å². The number of rotatable bonds is 8. The molecule has 2 heterocycles. The highest BCUT2D eigenvalue weighted by Gasteiger charge is 2.01. The summed E-state index contributed by atoms with van der Waals surface area (Å²) >= 11 is 0. The van der Waals surface area contributed by atoms with Crippen molar-refractivity contribution in [1.29, 1.82) is 0 Å². The van der Waals surface area contributed by atoms with E-state index in [1.54, 1.807) is 19.6 Å². The first-order valence-corrected chi connectivity index (χ1v) is 6.07. The van der Waals surface area contributed by atoms with Crippen molar-refractivity contribution in [2.45, 2.75) is 13.0 Å². The van der Waals surface area contributed by atoms with Gasteiger partial charge in [-0.3, -0.25) is 0 Å². The number of anilines is 2. The van der Waals surface area contributed by atoms with Crippen LogP contribution >= 0.6 is 0 Å². The van der Waals surface area contributed by atoms with E-state index in [0.29, 0.717) is 24.9 Å². The van der Waals surface area contributed by atoms with Gasteiger partial charge < -0.3 is 19.8 Å². The molecule has 0 amide bonds. The SMILES string of the molecule is COCCCNc1nncc(NCc2ccco2)n1. The van der Waals surface area contributed by atoms with Crippen molar-refractivity contribution in [2.24, 2.45) is 0 Å². The lowest BCUT2D eigenvalue weighted by Crippen LogP contribution is -2.10. The summed E-state index contributed by atoms with van der Waals surface area (Å²) in [5.41, 5.74) is 0. The normalized spacial score (nSPS) is 10.4. The van der Waals surface area contributed by atoms with Crippen LogP contribution in [0.1, 0.15) is 12.2 Å². The fourth-order valence-electron chi connectivity index (χ4n) is 1.47. The van der Waals surface area contributed by atoms with Crippen molar-refractivity contribution in [3.8, 4) is 0 Å². The Morgan fingerprint density at radius 3 is 3.11 bits per heavy atom. The third kappa shape index (κ3) is 4.55. The van der Waals surface area contributed by atoms with Gasteiger partial charge in [0, 0.05) is 20.3 Å². The fourth-order valence-corrected chi connectivity index (χ4v) is 1.47. The van der Waals surface area contributed by atoms with Gasteiger partial charge in [-0.05, 0) is 18.6 Å². The third-order valence-electron chi connectivity index (χ3n) is 2.39. The van der Waals surface area contributed by atoms with E-state index in [1.165, 1.54) is 0 Å². The smallest absolute Gasteiger partial charge is 0.244 e. The van der Waals surface area contributed by atoms with Gasteiger partial charge in [0.1, 0.15) is 5.76 Å². The molecule has 0 saturated heterocycles. The molecule has 102 valence electrons. The molecule has 2 rings (SSSR count). The summed E-state index contributed by atoms with van der Waals surface area (Å²) in [6, 6.07) is 3.74. The van der Waals surface area contributed by atoms with E-state index in [0.717, 1.165) is 18.7 Å². The highest BCUT2D eigenvalue weighted by molar-refractivity contribution is 5.37. The Morgan fingerprint density at radius 2 is 2.32 bits per heavy atom. The van der Waals surface area contributed by atoms with Crippen LogP contribution < -0.4 is 10.6 Å². The van der Waals surface area contributed by atoms with Gasteiger partial charge in [0.25, 0.3) is 0 Å². The molecular weight excluding hydrogens is 246 g/mol. The Labute approximate surface area is 111 Å². The number of furan rings is 1. The van der Waals surface area contributed by atoms with Gasteiger partial charge >= 0.3 is 0 Å². The minimum Gasteiger partial charge on any atom is -0.467 e. The van der Waals surface area contributed by atoms with Crippen molar-refractivity contribution in [1.82, 2.24) is 15.2 Å². The number of hydrogen-bond donors (Lipinski definition) is 2. The molecule has 0 fully saturated rings. The van der Waals surface area contributed by atoms with Crippen molar-refractivity contribution in [3.63, 3.8) is 0 Å². The van der Waals surface area contributed by atoms with E-state index in [1.807, 2.05) is 12.1 Å². The van der Waals surface area contributed by atoms with Gasteiger partial charge in [-0.25, -0.2) is 0 Å².